The Hall–Kier alpha value is -1.55. The van der Waals surface area contributed by atoms with E-state index in [2.05, 4.69) is 0 Å². The average Bonchev–Trinajstić information content (AvgIpc) is 2.28. The van der Waals surface area contributed by atoms with Crippen LogP contribution < -0.4 is 0 Å². The highest BCUT2D eigenvalue weighted by Gasteiger charge is 2.11. The fourth-order valence-electron chi connectivity index (χ4n) is 1.34. The summed E-state index contributed by atoms with van der Waals surface area (Å²) >= 11 is 0. The van der Waals surface area contributed by atoms with Crippen molar-refractivity contribution in [1.82, 2.24) is 4.90 Å². The van der Waals surface area contributed by atoms with Gasteiger partial charge in [0.15, 0.2) is 0 Å². The van der Waals surface area contributed by atoms with E-state index in [0.717, 1.165) is 5.56 Å². The largest absolute Gasteiger partial charge is 0.508 e. The van der Waals surface area contributed by atoms with Gasteiger partial charge in [-0.1, -0.05) is 18.2 Å². The number of carbonyl (C=O) groups excluding carboxylic acids is 1. The summed E-state index contributed by atoms with van der Waals surface area (Å²) in [6.45, 7) is 4.22. The van der Waals surface area contributed by atoms with Gasteiger partial charge in [-0.3, -0.25) is 4.79 Å². The Kier molecular flexibility index (Phi) is 4.97. The van der Waals surface area contributed by atoms with Crippen LogP contribution in [0.3, 0.4) is 0 Å². The zero-order valence-electron chi connectivity index (χ0n) is 10.5. The van der Waals surface area contributed by atoms with Crippen molar-refractivity contribution in [3.63, 3.8) is 0 Å². The lowest BCUT2D eigenvalue weighted by Crippen LogP contribution is -2.30. The summed E-state index contributed by atoms with van der Waals surface area (Å²) in [6, 6.07) is 6.99. The Balaban J connectivity index is 2.51. The van der Waals surface area contributed by atoms with Crippen LogP contribution in [0.4, 0.5) is 0 Å². The third-order valence-electron chi connectivity index (χ3n) is 2.37. The van der Waals surface area contributed by atoms with Crippen molar-refractivity contribution in [2.75, 3.05) is 13.7 Å². The number of carbonyl (C=O) groups is 1. The number of likely N-dealkylation sites (N-methyl/N-ethyl adjacent to an activating group) is 1. The standard InChI is InChI=1S/C13H19NO3/c1-10(2)17-9-13(16)14(3)8-11-6-4-5-7-12(11)15/h4-7,10,15H,8-9H2,1-3H3. The Bertz CT molecular complexity index is 377. The van der Waals surface area contributed by atoms with Gasteiger partial charge in [-0.05, 0) is 19.9 Å². The van der Waals surface area contributed by atoms with Crippen LogP contribution in [-0.4, -0.2) is 35.7 Å². The van der Waals surface area contributed by atoms with Crippen LogP contribution in [0.15, 0.2) is 24.3 Å². The highest BCUT2D eigenvalue weighted by Crippen LogP contribution is 2.17. The molecule has 4 nitrogen and oxygen atoms in total. The van der Waals surface area contributed by atoms with Crippen molar-refractivity contribution in [3.8, 4) is 5.75 Å². The van der Waals surface area contributed by atoms with E-state index in [1.807, 2.05) is 19.9 Å². The van der Waals surface area contributed by atoms with Gasteiger partial charge in [0.1, 0.15) is 12.4 Å². The average molecular weight is 237 g/mol. The van der Waals surface area contributed by atoms with E-state index in [0.29, 0.717) is 6.54 Å². The molecule has 0 fully saturated rings. The molecule has 0 aromatic heterocycles. The summed E-state index contributed by atoms with van der Waals surface area (Å²) in [4.78, 5) is 13.2. The zero-order valence-corrected chi connectivity index (χ0v) is 10.5. The van der Waals surface area contributed by atoms with Crippen molar-refractivity contribution in [2.24, 2.45) is 0 Å². The molecule has 0 unspecified atom stereocenters. The highest BCUT2D eigenvalue weighted by molar-refractivity contribution is 5.77. The van der Waals surface area contributed by atoms with Gasteiger partial charge in [0, 0.05) is 19.2 Å². The lowest BCUT2D eigenvalue weighted by molar-refractivity contribution is -0.136. The van der Waals surface area contributed by atoms with Crippen molar-refractivity contribution >= 4 is 5.91 Å². The fourth-order valence-corrected chi connectivity index (χ4v) is 1.34. The molecule has 1 aromatic rings. The molecular formula is C13H19NO3. The molecule has 0 aliphatic carbocycles. The Morgan fingerprint density at radius 2 is 2.06 bits per heavy atom. The number of rotatable bonds is 5. The molecule has 1 aromatic carbocycles. The number of amides is 1. The van der Waals surface area contributed by atoms with Gasteiger partial charge in [0.2, 0.25) is 5.91 Å². The second-order valence-corrected chi connectivity index (χ2v) is 4.24. The first-order valence-corrected chi connectivity index (χ1v) is 5.63. The van der Waals surface area contributed by atoms with Gasteiger partial charge in [0.05, 0.1) is 6.10 Å². The van der Waals surface area contributed by atoms with E-state index < -0.39 is 0 Å². The lowest BCUT2D eigenvalue weighted by Gasteiger charge is -2.18. The van der Waals surface area contributed by atoms with E-state index in [9.17, 15) is 9.90 Å². The fraction of sp³-hybridized carbons (Fsp3) is 0.462. The molecule has 0 heterocycles. The molecule has 0 atom stereocenters. The SMILES string of the molecule is CC(C)OCC(=O)N(C)Cc1ccccc1O. The second kappa shape index (κ2) is 6.25. The molecule has 0 saturated carbocycles. The first kappa shape index (κ1) is 13.5. The van der Waals surface area contributed by atoms with Crippen molar-refractivity contribution in [1.29, 1.82) is 0 Å². The lowest BCUT2D eigenvalue weighted by atomic mass is 10.2. The van der Waals surface area contributed by atoms with Crippen molar-refractivity contribution in [2.45, 2.75) is 26.5 Å². The van der Waals surface area contributed by atoms with E-state index in [4.69, 9.17) is 4.74 Å². The minimum Gasteiger partial charge on any atom is -0.508 e. The van der Waals surface area contributed by atoms with E-state index >= 15 is 0 Å². The van der Waals surface area contributed by atoms with Gasteiger partial charge in [-0.25, -0.2) is 0 Å². The van der Waals surface area contributed by atoms with Crippen LogP contribution in [0.1, 0.15) is 19.4 Å². The molecule has 94 valence electrons. The minimum atomic E-state index is -0.0954. The molecule has 17 heavy (non-hydrogen) atoms. The van der Waals surface area contributed by atoms with Crippen LogP contribution >= 0.6 is 0 Å². The maximum Gasteiger partial charge on any atom is 0.248 e. The Morgan fingerprint density at radius 1 is 1.41 bits per heavy atom. The van der Waals surface area contributed by atoms with E-state index in [1.54, 1.807) is 25.2 Å². The second-order valence-electron chi connectivity index (χ2n) is 4.24. The summed E-state index contributed by atoms with van der Waals surface area (Å²) in [5.74, 6) is 0.110. The van der Waals surface area contributed by atoms with Crippen molar-refractivity contribution < 1.29 is 14.6 Å². The third kappa shape index (κ3) is 4.44. The van der Waals surface area contributed by atoms with Crippen LogP contribution in [0.5, 0.6) is 5.75 Å². The number of ether oxygens (including phenoxy) is 1. The van der Waals surface area contributed by atoms with Crippen LogP contribution in [-0.2, 0) is 16.1 Å². The summed E-state index contributed by atoms with van der Waals surface area (Å²) < 4.78 is 5.24. The van der Waals surface area contributed by atoms with Gasteiger partial charge in [-0.15, -0.1) is 0 Å². The Morgan fingerprint density at radius 3 is 2.65 bits per heavy atom. The number of benzene rings is 1. The van der Waals surface area contributed by atoms with Gasteiger partial charge in [0.25, 0.3) is 0 Å². The molecule has 0 aliphatic rings. The third-order valence-corrected chi connectivity index (χ3v) is 2.37. The number of para-hydroxylation sites is 1. The van der Waals surface area contributed by atoms with Crippen LogP contribution in [0, 0.1) is 0 Å². The molecule has 1 N–H and O–H groups in total. The molecule has 0 saturated heterocycles. The molecule has 4 heteroatoms. The predicted octanol–water partition coefficient (Wildman–Crippen LogP) is 1.78. The Labute approximate surface area is 102 Å². The maximum atomic E-state index is 11.7. The molecule has 0 spiro atoms. The molecule has 0 radical (unpaired) electrons. The first-order chi connectivity index (χ1) is 8.00. The summed E-state index contributed by atoms with van der Waals surface area (Å²) in [5, 5.41) is 9.59. The van der Waals surface area contributed by atoms with E-state index in [-0.39, 0.29) is 24.4 Å². The summed E-state index contributed by atoms with van der Waals surface area (Å²) in [6.07, 6.45) is 0.0393. The number of hydrogen-bond acceptors (Lipinski definition) is 3. The monoisotopic (exact) mass is 237 g/mol. The molecule has 1 amide bonds. The minimum absolute atomic E-state index is 0.0393. The number of hydrogen-bond donors (Lipinski definition) is 1. The van der Waals surface area contributed by atoms with E-state index in [1.165, 1.54) is 4.90 Å². The number of phenols is 1. The summed E-state index contributed by atoms with van der Waals surface area (Å²) in [5.41, 5.74) is 0.730. The molecule has 0 bridgehead atoms. The highest BCUT2D eigenvalue weighted by atomic mass is 16.5. The van der Waals surface area contributed by atoms with Crippen LogP contribution in [0.2, 0.25) is 0 Å². The number of aromatic hydroxyl groups is 1. The number of phenolic OH excluding ortho intramolecular Hbond substituents is 1. The quantitative estimate of drug-likeness (QED) is 0.849. The smallest absolute Gasteiger partial charge is 0.248 e. The molecule has 0 aliphatic heterocycles. The number of nitrogens with zero attached hydrogens (tertiary/aromatic N) is 1. The first-order valence-electron chi connectivity index (χ1n) is 5.63. The zero-order chi connectivity index (χ0) is 12.8. The van der Waals surface area contributed by atoms with Gasteiger partial charge < -0.3 is 14.7 Å². The maximum absolute atomic E-state index is 11.7. The van der Waals surface area contributed by atoms with Crippen molar-refractivity contribution in [3.05, 3.63) is 29.8 Å². The normalized spacial score (nSPS) is 10.6. The van der Waals surface area contributed by atoms with Gasteiger partial charge >= 0.3 is 0 Å². The summed E-state index contributed by atoms with van der Waals surface area (Å²) in [7, 11) is 1.69. The predicted molar refractivity (Wildman–Crippen MR) is 65.7 cm³/mol. The molecular weight excluding hydrogens is 218 g/mol. The molecule has 1 rings (SSSR count). The topological polar surface area (TPSA) is 49.8 Å². The van der Waals surface area contributed by atoms with Gasteiger partial charge in [-0.2, -0.15) is 0 Å². The van der Waals surface area contributed by atoms with Crippen LogP contribution in [0.25, 0.3) is 0 Å².